The van der Waals surface area contributed by atoms with Crippen molar-refractivity contribution in [2.45, 2.75) is 57.7 Å². The smallest absolute Gasteiger partial charge is 0.325 e. The largest absolute Gasteiger partial charge is 0.336 e. The molecule has 25 heavy (non-hydrogen) atoms. The van der Waals surface area contributed by atoms with Gasteiger partial charge in [-0.15, -0.1) is 0 Å². The van der Waals surface area contributed by atoms with Gasteiger partial charge in [0.2, 0.25) is 5.91 Å². The number of piperidine rings is 1. The lowest BCUT2D eigenvalue weighted by Crippen LogP contribution is -2.52. The van der Waals surface area contributed by atoms with E-state index in [2.05, 4.69) is 10.3 Å². The summed E-state index contributed by atoms with van der Waals surface area (Å²) in [4.78, 5) is 45.0. The Morgan fingerprint density at radius 1 is 1.28 bits per heavy atom. The third kappa shape index (κ3) is 2.99. The third-order valence-corrected chi connectivity index (χ3v) is 5.23. The molecule has 7 nitrogen and oxygen atoms in total. The number of likely N-dealkylation sites (tertiary alicyclic amines) is 1. The lowest BCUT2D eigenvalue weighted by Gasteiger charge is -2.39. The zero-order valence-electron chi connectivity index (χ0n) is 14.9. The van der Waals surface area contributed by atoms with E-state index in [1.807, 2.05) is 13.8 Å². The highest BCUT2D eigenvalue weighted by atomic mass is 16.2. The number of pyridine rings is 1. The third-order valence-electron chi connectivity index (χ3n) is 5.23. The fourth-order valence-electron chi connectivity index (χ4n) is 3.80. The van der Waals surface area contributed by atoms with Crippen LogP contribution in [0, 0.1) is 0 Å². The van der Waals surface area contributed by atoms with Crippen LogP contribution in [-0.2, 0) is 15.1 Å². The van der Waals surface area contributed by atoms with Gasteiger partial charge in [-0.3, -0.25) is 19.5 Å². The van der Waals surface area contributed by atoms with E-state index in [-0.39, 0.29) is 24.5 Å². The highest BCUT2D eigenvalue weighted by molar-refractivity contribution is 6.09. The van der Waals surface area contributed by atoms with Crippen LogP contribution in [0.4, 0.5) is 4.79 Å². The maximum atomic E-state index is 12.9. The fraction of sp³-hybridized carbons (Fsp3) is 0.556. The van der Waals surface area contributed by atoms with E-state index in [1.54, 1.807) is 36.2 Å². The van der Waals surface area contributed by atoms with E-state index in [4.69, 9.17) is 0 Å². The second kappa shape index (κ2) is 6.46. The highest BCUT2D eigenvalue weighted by Gasteiger charge is 2.51. The summed E-state index contributed by atoms with van der Waals surface area (Å²) in [6, 6.07) is 4.90. The molecule has 0 spiro atoms. The van der Waals surface area contributed by atoms with Crippen LogP contribution in [0.25, 0.3) is 0 Å². The van der Waals surface area contributed by atoms with Crippen LogP contribution in [0.5, 0.6) is 0 Å². The molecule has 0 saturated carbocycles. The Bertz CT molecular complexity index is 683. The number of carbonyl (C=O) groups is 3. The van der Waals surface area contributed by atoms with Crippen molar-refractivity contribution in [3.8, 4) is 0 Å². The van der Waals surface area contributed by atoms with Crippen LogP contribution in [0.15, 0.2) is 24.4 Å². The van der Waals surface area contributed by atoms with Crippen LogP contribution in [-0.4, -0.2) is 51.3 Å². The number of hydrogen-bond acceptors (Lipinski definition) is 4. The second-order valence-electron chi connectivity index (χ2n) is 7.09. The molecule has 0 bridgehead atoms. The molecular formula is C18H24N4O3. The maximum Gasteiger partial charge on any atom is 0.325 e. The average Bonchev–Trinajstić information content (AvgIpc) is 2.80. The Labute approximate surface area is 147 Å². The average molecular weight is 344 g/mol. The minimum absolute atomic E-state index is 0.124. The fourth-order valence-corrected chi connectivity index (χ4v) is 3.80. The lowest BCUT2D eigenvalue weighted by atomic mass is 9.96. The monoisotopic (exact) mass is 344 g/mol. The van der Waals surface area contributed by atoms with Crippen LogP contribution in [0.2, 0.25) is 0 Å². The number of urea groups is 1. The van der Waals surface area contributed by atoms with Crippen molar-refractivity contribution in [1.82, 2.24) is 20.1 Å². The van der Waals surface area contributed by atoms with Gasteiger partial charge in [-0.2, -0.15) is 0 Å². The van der Waals surface area contributed by atoms with E-state index >= 15 is 0 Å². The molecule has 1 aromatic rings. The molecule has 1 N–H and O–H groups in total. The van der Waals surface area contributed by atoms with Crippen LogP contribution in [0.1, 0.15) is 45.7 Å². The number of amides is 4. The molecule has 134 valence electrons. The van der Waals surface area contributed by atoms with Gasteiger partial charge in [-0.05, 0) is 52.2 Å². The van der Waals surface area contributed by atoms with E-state index in [0.717, 1.165) is 24.2 Å². The quantitative estimate of drug-likeness (QED) is 0.845. The molecule has 1 aromatic heterocycles. The first-order valence-electron chi connectivity index (χ1n) is 8.71. The van der Waals surface area contributed by atoms with Gasteiger partial charge in [0.15, 0.2) is 5.54 Å². The van der Waals surface area contributed by atoms with Crippen molar-refractivity contribution in [3.63, 3.8) is 0 Å². The number of imide groups is 1. The number of carbonyl (C=O) groups excluding carboxylic acids is 3. The summed E-state index contributed by atoms with van der Waals surface area (Å²) in [7, 11) is 0. The minimum Gasteiger partial charge on any atom is -0.336 e. The van der Waals surface area contributed by atoms with Gasteiger partial charge in [-0.25, -0.2) is 4.79 Å². The zero-order chi connectivity index (χ0) is 18.2. The molecule has 2 aliphatic heterocycles. The summed E-state index contributed by atoms with van der Waals surface area (Å²) in [6.45, 7) is 5.41. The summed E-state index contributed by atoms with van der Waals surface area (Å²) in [5.41, 5.74) is -0.777. The first-order chi connectivity index (χ1) is 11.8. The predicted molar refractivity (Wildman–Crippen MR) is 91.5 cm³/mol. The van der Waals surface area contributed by atoms with Gasteiger partial charge in [-0.1, -0.05) is 6.07 Å². The molecule has 0 aliphatic carbocycles. The maximum absolute atomic E-state index is 12.9. The van der Waals surface area contributed by atoms with E-state index in [1.165, 1.54) is 0 Å². The molecule has 2 fully saturated rings. The lowest BCUT2D eigenvalue weighted by molar-refractivity contribution is -0.142. The number of aromatic nitrogens is 1. The summed E-state index contributed by atoms with van der Waals surface area (Å²) >= 11 is 0. The molecular weight excluding hydrogens is 320 g/mol. The van der Waals surface area contributed by atoms with E-state index in [9.17, 15) is 14.4 Å². The SMILES string of the molecule is C[C@@H]1CCC[C@@H](C)N1C(=O)CN1C(=O)N[C@@](C)(c2ccccn2)C1=O. The minimum atomic E-state index is -1.24. The number of nitrogens with one attached hydrogen (secondary N) is 1. The molecule has 0 radical (unpaired) electrons. The standard InChI is InChI=1S/C18H24N4O3/c1-12-7-6-8-13(2)22(12)15(23)11-21-16(24)18(3,20-17(21)25)14-9-4-5-10-19-14/h4-5,9-10,12-13H,6-8,11H2,1-3H3,(H,20,25)/t12-,13-,18+/m1/s1. The van der Waals surface area contributed by atoms with Crippen molar-refractivity contribution in [2.75, 3.05) is 6.54 Å². The highest BCUT2D eigenvalue weighted by Crippen LogP contribution is 2.28. The number of rotatable bonds is 3. The predicted octanol–water partition coefficient (Wildman–Crippen LogP) is 1.64. The van der Waals surface area contributed by atoms with Gasteiger partial charge in [0.05, 0.1) is 5.69 Å². The molecule has 7 heteroatoms. The first-order valence-corrected chi connectivity index (χ1v) is 8.71. The Morgan fingerprint density at radius 3 is 2.56 bits per heavy atom. The zero-order valence-corrected chi connectivity index (χ0v) is 14.9. The van der Waals surface area contributed by atoms with Crippen molar-refractivity contribution in [2.24, 2.45) is 0 Å². The molecule has 3 atom stereocenters. The first kappa shape index (κ1) is 17.4. The Hall–Kier alpha value is -2.44. The van der Waals surface area contributed by atoms with Gasteiger partial charge < -0.3 is 10.2 Å². The van der Waals surface area contributed by atoms with E-state index in [0.29, 0.717) is 5.69 Å². The van der Waals surface area contributed by atoms with Crippen LogP contribution < -0.4 is 5.32 Å². The van der Waals surface area contributed by atoms with Crippen LogP contribution in [0.3, 0.4) is 0 Å². The normalized spacial score (nSPS) is 29.7. The van der Waals surface area contributed by atoms with Gasteiger partial charge in [0.1, 0.15) is 6.54 Å². The number of hydrogen-bond donors (Lipinski definition) is 1. The molecule has 0 aromatic carbocycles. The molecule has 3 rings (SSSR count). The Kier molecular flexibility index (Phi) is 4.49. The molecule has 0 unspecified atom stereocenters. The summed E-state index contributed by atoms with van der Waals surface area (Å²) in [5.74, 6) is -0.629. The Balaban J connectivity index is 1.78. The number of nitrogens with zero attached hydrogens (tertiary/aromatic N) is 3. The molecule has 3 heterocycles. The van der Waals surface area contributed by atoms with Gasteiger partial charge >= 0.3 is 6.03 Å². The summed E-state index contributed by atoms with van der Waals surface area (Å²) in [6.07, 6.45) is 4.56. The van der Waals surface area contributed by atoms with Crippen molar-refractivity contribution in [3.05, 3.63) is 30.1 Å². The Morgan fingerprint density at radius 2 is 1.96 bits per heavy atom. The van der Waals surface area contributed by atoms with Crippen molar-refractivity contribution >= 4 is 17.8 Å². The molecule has 2 aliphatic rings. The molecule has 4 amide bonds. The second-order valence-corrected chi connectivity index (χ2v) is 7.09. The topological polar surface area (TPSA) is 82.6 Å². The molecule has 2 saturated heterocycles. The van der Waals surface area contributed by atoms with Gasteiger partial charge in [0.25, 0.3) is 5.91 Å². The van der Waals surface area contributed by atoms with Gasteiger partial charge in [0, 0.05) is 18.3 Å². The van der Waals surface area contributed by atoms with Crippen molar-refractivity contribution in [1.29, 1.82) is 0 Å². The summed E-state index contributed by atoms with van der Waals surface area (Å²) in [5, 5.41) is 2.68. The summed E-state index contributed by atoms with van der Waals surface area (Å²) < 4.78 is 0. The van der Waals surface area contributed by atoms with Crippen molar-refractivity contribution < 1.29 is 14.4 Å². The van der Waals surface area contributed by atoms with E-state index < -0.39 is 17.5 Å². The van der Waals surface area contributed by atoms with Crippen LogP contribution >= 0.6 is 0 Å².